The predicted molar refractivity (Wildman–Crippen MR) is 130 cm³/mol. The monoisotopic (exact) mass is 438 g/mol. The summed E-state index contributed by atoms with van der Waals surface area (Å²) >= 11 is 0. The Morgan fingerprint density at radius 2 is 1.91 bits per heavy atom. The summed E-state index contributed by atoms with van der Waals surface area (Å²) in [4.78, 5) is 22.3. The molecular formula is C26H26N6O. The number of benzene rings is 1. The summed E-state index contributed by atoms with van der Waals surface area (Å²) in [6.07, 6.45) is 5.21. The Morgan fingerprint density at radius 3 is 2.70 bits per heavy atom. The molecule has 0 radical (unpaired) electrons. The molecule has 0 atom stereocenters. The van der Waals surface area contributed by atoms with Gasteiger partial charge in [0.25, 0.3) is 5.91 Å². The van der Waals surface area contributed by atoms with E-state index in [2.05, 4.69) is 29.1 Å². The number of fused-ring (bicyclic) bond motifs is 2. The van der Waals surface area contributed by atoms with Gasteiger partial charge in [0.15, 0.2) is 0 Å². The van der Waals surface area contributed by atoms with E-state index in [1.54, 1.807) is 6.20 Å². The van der Waals surface area contributed by atoms with Crippen molar-refractivity contribution >= 4 is 28.1 Å². The fourth-order valence-electron chi connectivity index (χ4n) is 4.22. The Kier molecular flexibility index (Phi) is 5.38. The lowest BCUT2D eigenvalue weighted by molar-refractivity contribution is 0.102. The van der Waals surface area contributed by atoms with Crippen LogP contribution in [-0.4, -0.2) is 30.1 Å². The van der Waals surface area contributed by atoms with Crippen LogP contribution in [0.2, 0.25) is 0 Å². The Labute approximate surface area is 192 Å². The molecule has 1 N–H and O–H groups in total. The average Bonchev–Trinajstić information content (AvgIpc) is 3.40. The minimum Gasteiger partial charge on any atom is -0.320 e. The van der Waals surface area contributed by atoms with Crippen LogP contribution in [0.4, 0.5) is 5.69 Å². The molecule has 4 aromatic heterocycles. The topological polar surface area (TPSA) is 77.1 Å². The number of pyridine rings is 2. The standard InChI is InChI=1S/C26H26N6O/c1-4-18-12-13-31-23(15-27-24(31)14-18)26(33)29-21-10-7-11-22-25(21)20(5-2)30-32(22)16-19-9-6-8-17(3)28-19/h6-15H,4-5,16H2,1-3H3,(H,29,33). The van der Waals surface area contributed by atoms with Gasteiger partial charge in [0.05, 0.1) is 35.3 Å². The number of nitrogens with one attached hydrogen (secondary N) is 1. The van der Waals surface area contributed by atoms with Crippen molar-refractivity contribution in [2.45, 2.75) is 40.2 Å². The van der Waals surface area contributed by atoms with Crippen molar-refractivity contribution < 1.29 is 4.79 Å². The molecule has 5 aromatic rings. The molecule has 0 saturated heterocycles. The van der Waals surface area contributed by atoms with Crippen LogP contribution in [0.5, 0.6) is 0 Å². The van der Waals surface area contributed by atoms with Crippen molar-refractivity contribution in [3.63, 3.8) is 0 Å². The van der Waals surface area contributed by atoms with Crippen molar-refractivity contribution in [2.75, 3.05) is 5.32 Å². The van der Waals surface area contributed by atoms with Gasteiger partial charge in [-0.05, 0) is 61.7 Å². The lowest BCUT2D eigenvalue weighted by Crippen LogP contribution is -2.14. The molecular weight excluding hydrogens is 412 g/mol. The molecule has 0 bridgehead atoms. The second-order valence-corrected chi connectivity index (χ2v) is 8.14. The second kappa shape index (κ2) is 8.50. The molecule has 1 aromatic carbocycles. The summed E-state index contributed by atoms with van der Waals surface area (Å²) in [6.45, 7) is 6.73. The third kappa shape index (κ3) is 3.86. The van der Waals surface area contributed by atoms with E-state index in [0.29, 0.717) is 12.2 Å². The largest absolute Gasteiger partial charge is 0.320 e. The second-order valence-electron chi connectivity index (χ2n) is 8.14. The third-order valence-corrected chi connectivity index (χ3v) is 5.91. The van der Waals surface area contributed by atoms with E-state index in [-0.39, 0.29) is 5.91 Å². The van der Waals surface area contributed by atoms with E-state index >= 15 is 0 Å². The molecule has 4 heterocycles. The smallest absolute Gasteiger partial charge is 0.274 e. The third-order valence-electron chi connectivity index (χ3n) is 5.91. The maximum absolute atomic E-state index is 13.2. The van der Waals surface area contributed by atoms with Crippen molar-refractivity contribution in [1.29, 1.82) is 0 Å². The molecule has 0 saturated carbocycles. The summed E-state index contributed by atoms with van der Waals surface area (Å²) in [5.74, 6) is -0.200. The molecule has 0 aliphatic heterocycles. The summed E-state index contributed by atoms with van der Waals surface area (Å²) < 4.78 is 3.79. The Morgan fingerprint density at radius 1 is 1.06 bits per heavy atom. The molecule has 7 nitrogen and oxygen atoms in total. The first-order valence-corrected chi connectivity index (χ1v) is 11.3. The van der Waals surface area contributed by atoms with Crippen LogP contribution >= 0.6 is 0 Å². The number of anilines is 1. The molecule has 0 aliphatic carbocycles. The highest BCUT2D eigenvalue weighted by atomic mass is 16.1. The zero-order valence-electron chi connectivity index (χ0n) is 19.0. The van der Waals surface area contributed by atoms with Gasteiger partial charge in [-0.15, -0.1) is 0 Å². The Balaban J connectivity index is 1.51. The van der Waals surface area contributed by atoms with Crippen LogP contribution < -0.4 is 5.32 Å². The maximum atomic E-state index is 13.2. The highest BCUT2D eigenvalue weighted by Crippen LogP contribution is 2.28. The number of hydrogen-bond donors (Lipinski definition) is 1. The van der Waals surface area contributed by atoms with Crippen molar-refractivity contribution in [1.82, 2.24) is 24.1 Å². The number of carbonyl (C=O) groups is 1. The van der Waals surface area contributed by atoms with Gasteiger partial charge in [-0.1, -0.05) is 26.0 Å². The van der Waals surface area contributed by atoms with E-state index in [1.165, 1.54) is 5.56 Å². The van der Waals surface area contributed by atoms with Gasteiger partial charge in [-0.3, -0.25) is 18.9 Å². The van der Waals surface area contributed by atoms with Gasteiger partial charge >= 0.3 is 0 Å². The number of amides is 1. The molecule has 33 heavy (non-hydrogen) atoms. The number of rotatable bonds is 6. The minimum absolute atomic E-state index is 0.200. The predicted octanol–water partition coefficient (Wildman–Crippen LogP) is 4.81. The van der Waals surface area contributed by atoms with Gasteiger partial charge in [0.1, 0.15) is 11.3 Å². The first-order valence-electron chi connectivity index (χ1n) is 11.3. The first-order chi connectivity index (χ1) is 16.1. The van der Waals surface area contributed by atoms with E-state index in [1.807, 2.05) is 70.7 Å². The summed E-state index contributed by atoms with van der Waals surface area (Å²) in [5, 5.41) is 8.90. The number of imidazole rings is 1. The van der Waals surface area contributed by atoms with Gasteiger partial charge in [0.2, 0.25) is 0 Å². The summed E-state index contributed by atoms with van der Waals surface area (Å²) in [5.41, 5.74) is 7.05. The van der Waals surface area contributed by atoms with Crippen molar-refractivity contribution in [3.8, 4) is 0 Å². The van der Waals surface area contributed by atoms with E-state index < -0.39 is 0 Å². The van der Waals surface area contributed by atoms with Gasteiger partial charge < -0.3 is 5.32 Å². The number of nitrogens with zero attached hydrogens (tertiary/aromatic N) is 5. The molecule has 5 rings (SSSR count). The molecule has 0 unspecified atom stereocenters. The SMILES string of the molecule is CCc1ccn2c(C(=O)Nc3cccc4c3c(CC)nn4Cc3cccc(C)n3)cnc2c1. The zero-order valence-corrected chi connectivity index (χ0v) is 19.0. The molecule has 166 valence electrons. The van der Waals surface area contributed by atoms with Crippen molar-refractivity contribution in [3.05, 3.63) is 89.3 Å². The van der Waals surface area contributed by atoms with E-state index in [4.69, 9.17) is 5.10 Å². The van der Waals surface area contributed by atoms with Crippen LogP contribution in [-0.2, 0) is 19.4 Å². The van der Waals surface area contributed by atoms with Crippen LogP contribution in [0.25, 0.3) is 16.6 Å². The maximum Gasteiger partial charge on any atom is 0.274 e. The summed E-state index contributed by atoms with van der Waals surface area (Å²) in [7, 11) is 0. The van der Waals surface area contributed by atoms with Crippen molar-refractivity contribution in [2.24, 2.45) is 0 Å². The van der Waals surface area contributed by atoms with Gasteiger partial charge in [-0.2, -0.15) is 5.10 Å². The zero-order chi connectivity index (χ0) is 22.9. The fourth-order valence-corrected chi connectivity index (χ4v) is 4.22. The lowest BCUT2D eigenvalue weighted by Gasteiger charge is -2.09. The minimum atomic E-state index is -0.200. The number of hydrogen-bond acceptors (Lipinski definition) is 4. The average molecular weight is 439 g/mol. The molecule has 0 spiro atoms. The first kappa shape index (κ1) is 20.9. The number of aromatic nitrogens is 5. The van der Waals surface area contributed by atoms with Gasteiger partial charge in [0, 0.05) is 17.3 Å². The molecule has 0 fully saturated rings. The van der Waals surface area contributed by atoms with Gasteiger partial charge in [-0.25, -0.2) is 4.98 Å². The Hall–Kier alpha value is -4.00. The van der Waals surface area contributed by atoms with Crippen LogP contribution in [0.1, 0.15) is 47.0 Å². The quantitative estimate of drug-likeness (QED) is 0.413. The number of carbonyl (C=O) groups excluding carboxylic acids is 1. The molecule has 1 amide bonds. The van der Waals surface area contributed by atoms with E-state index in [9.17, 15) is 4.79 Å². The molecule has 0 aliphatic rings. The Bertz CT molecular complexity index is 1480. The summed E-state index contributed by atoms with van der Waals surface area (Å²) in [6, 6.07) is 15.9. The van der Waals surface area contributed by atoms with Crippen LogP contribution in [0.3, 0.4) is 0 Å². The fraction of sp³-hybridized carbons (Fsp3) is 0.231. The number of aryl methyl sites for hydroxylation is 3. The normalized spacial score (nSPS) is 11.4. The van der Waals surface area contributed by atoms with Crippen LogP contribution in [0, 0.1) is 6.92 Å². The van der Waals surface area contributed by atoms with E-state index in [0.717, 1.165) is 52.2 Å². The molecule has 7 heteroatoms. The highest BCUT2D eigenvalue weighted by Gasteiger charge is 2.18. The lowest BCUT2D eigenvalue weighted by atomic mass is 10.1. The van der Waals surface area contributed by atoms with Crippen LogP contribution in [0.15, 0.2) is 60.9 Å². The highest BCUT2D eigenvalue weighted by molar-refractivity contribution is 6.08.